The van der Waals surface area contributed by atoms with Crippen molar-refractivity contribution in [2.24, 2.45) is 0 Å². The van der Waals surface area contributed by atoms with E-state index in [1.165, 1.54) is 12.1 Å². The van der Waals surface area contributed by atoms with E-state index in [1.54, 1.807) is 24.5 Å². The first kappa shape index (κ1) is 20.6. The summed E-state index contributed by atoms with van der Waals surface area (Å²) in [5.41, 5.74) is 6.48. The van der Waals surface area contributed by atoms with E-state index in [0.29, 0.717) is 12.2 Å². The van der Waals surface area contributed by atoms with Gasteiger partial charge in [0.25, 0.3) is 0 Å². The molecule has 164 valence electrons. The Balaban J connectivity index is 1.36. The summed E-state index contributed by atoms with van der Waals surface area (Å²) < 4.78 is 13.4. The Labute approximate surface area is 189 Å². The first-order chi connectivity index (χ1) is 16.1. The Hall–Kier alpha value is -4.26. The van der Waals surface area contributed by atoms with Gasteiger partial charge in [-0.2, -0.15) is 5.10 Å². The molecule has 0 saturated carbocycles. The number of aryl methyl sites for hydroxylation is 1. The second-order valence-corrected chi connectivity index (χ2v) is 7.89. The number of carbonyl (C=O) groups excluding carboxylic acids is 1. The van der Waals surface area contributed by atoms with Crippen LogP contribution in [0.15, 0.2) is 73.1 Å². The summed E-state index contributed by atoms with van der Waals surface area (Å²) in [5.74, 6) is 0.113. The van der Waals surface area contributed by atoms with Crippen molar-refractivity contribution < 1.29 is 9.18 Å². The van der Waals surface area contributed by atoms with Crippen LogP contribution in [0.5, 0.6) is 0 Å². The first-order valence-electron chi connectivity index (χ1n) is 10.7. The van der Waals surface area contributed by atoms with E-state index < -0.39 is 0 Å². The third-order valence-electron chi connectivity index (χ3n) is 5.79. The van der Waals surface area contributed by atoms with Crippen LogP contribution in [0.4, 0.5) is 10.2 Å². The average Bonchev–Trinajstić information content (AvgIpc) is 3.39. The number of nitrogens with one attached hydrogen (secondary N) is 3. The highest BCUT2D eigenvalue weighted by Crippen LogP contribution is 2.32. The van der Waals surface area contributed by atoms with Gasteiger partial charge in [-0.15, -0.1) is 0 Å². The van der Waals surface area contributed by atoms with E-state index >= 15 is 0 Å². The number of hydrogen-bond acceptors (Lipinski definition) is 3. The summed E-state index contributed by atoms with van der Waals surface area (Å²) in [6.07, 6.45) is 4.25. The number of carbonyl (C=O) groups is 1. The molecule has 0 aliphatic heterocycles. The van der Waals surface area contributed by atoms with Crippen LogP contribution in [0.3, 0.4) is 0 Å². The lowest BCUT2D eigenvalue weighted by atomic mass is 10.0. The highest BCUT2D eigenvalue weighted by Gasteiger charge is 2.17. The van der Waals surface area contributed by atoms with Gasteiger partial charge in [-0.3, -0.25) is 14.9 Å². The van der Waals surface area contributed by atoms with Gasteiger partial charge in [-0.1, -0.05) is 18.2 Å². The zero-order chi connectivity index (χ0) is 22.8. The number of para-hydroxylation sites is 1. The lowest BCUT2D eigenvalue weighted by molar-refractivity contribution is -0.116. The maximum Gasteiger partial charge on any atom is 0.225 e. The number of fused-ring (bicyclic) bond motifs is 1. The Morgan fingerprint density at radius 2 is 1.70 bits per heavy atom. The number of anilines is 1. The highest BCUT2D eigenvalue weighted by atomic mass is 19.1. The molecular formula is C26H22FN5O. The van der Waals surface area contributed by atoms with E-state index in [1.807, 2.05) is 43.3 Å². The quantitative estimate of drug-likeness (QED) is 0.320. The standard InChI is InChI=1S/C26H22FN5O/c1-16-24(18-12-14-28-15-13-18)31-32-26(16)30-23(33)11-10-21-20-4-2-3-5-22(20)29-25(21)17-6-8-19(27)9-7-17/h2-9,12-15,29H,10-11H2,1H3,(H2,30,31,32,33). The van der Waals surface area contributed by atoms with Crippen molar-refractivity contribution in [1.29, 1.82) is 0 Å². The van der Waals surface area contributed by atoms with Crippen LogP contribution >= 0.6 is 0 Å². The van der Waals surface area contributed by atoms with Crippen LogP contribution in [0.2, 0.25) is 0 Å². The first-order valence-corrected chi connectivity index (χ1v) is 10.7. The van der Waals surface area contributed by atoms with Crippen molar-refractivity contribution in [2.45, 2.75) is 19.8 Å². The summed E-state index contributed by atoms with van der Waals surface area (Å²) in [4.78, 5) is 20.3. The number of rotatable bonds is 6. The molecule has 3 heterocycles. The normalized spacial score (nSPS) is 11.1. The van der Waals surface area contributed by atoms with Gasteiger partial charge in [-0.25, -0.2) is 4.39 Å². The molecule has 0 saturated heterocycles. The molecule has 0 aliphatic rings. The fourth-order valence-electron chi connectivity index (χ4n) is 4.08. The van der Waals surface area contributed by atoms with Crippen LogP contribution < -0.4 is 5.32 Å². The van der Waals surface area contributed by atoms with Crippen molar-refractivity contribution >= 4 is 22.6 Å². The molecule has 33 heavy (non-hydrogen) atoms. The number of H-pyrrole nitrogens is 2. The maximum atomic E-state index is 13.4. The molecule has 0 radical (unpaired) electrons. The molecule has 0 spiro atoms. The molecule has 3 N–H and O–H groups in total. The summed E-state index contributed by atoms with van der Waals surface area (Å²) in [6.45, 7) is 1.92. The maximum absolute atomic E-state index is 13.4. The zero-order valence-corrected chi connectivity index (χ0v) is 18.0. The van der Waals surface area contributed by atoms with Crippen LogP contribution in [0.25, 0.3) is 33.4 Å². The van der Waals surface area contributed by atoms with Crippen LogP contribution in [0, 0.1) is 12.7 Å². The van der Waals surface area contributed by atoms with E-state index in [4.69, 9.17) is 0 Å². The topological polar surface area (TPSA) is 86.5 Å². The molecule has 7 heteroatoms. The monoisotopic (exact) mass is 439 g/mol. The molecular weight excluding hydrogens is 417 g/mol. The molecule has 0 atom stereocenters. The van der Waals surface area contributed by atoms with Crippen molar-refractivity contribution in [3.05, 3.63) is 90.0 Å². The number of nitrogens with zero attached hydrogens (tertiary/aromatic N) is 2. The van der Waals surface area contributed by atoms with Gasteiger partial charge < -0.3 is 10.3 Å². The van der Waals surface area contributed by atoms with E-state index in [2.05, 4.69) is 25.5 Å². The Bertz CT molecular complexity index is 1420. The molecule has 0 aliphatic carbocycles. The summed E-state index contributed by atoms with van der Waals surface area (Å²) >= 11 is 0. The fourth-order valence-corrected chi connectivity index (χ4v) is 4.08. The molecule has 5 rings (SSSR count). The Morgan fingerprint density at radius 1 is 0.970 bits per heavy atom. The van der Waals surface area contributed by atoms with Gasteiger partial charge in [0.2, 0.25) is 5.91 Å². The van der Waals surface area contributed by atoms with Crippen LogP contribution in [0.1, 0.15) is 17.5 Å². The third-order valence-corrected chi connectivity index (χ3v) is 5.79. The third kappa shape index (κ3) is 4.13. The molecule has 2 aromatic carbocycles. The van der Waals surface area contributed by atoms with Gasteiger partial charge in [0.15, 0.2) is 5.82 Å². The van der Waals surface area contributed by atoms with Gasteiger partial charge >= 0.3 is 0 Å². The number of amides is 1. The molecule has 0 fully saturated rings. The minimum absolute atomic E-state index is 0.124. The van der Waals surface area contributed by atoms with Gasteiger partial charge in [0, 0.05) is 46.5 Å². The van der Waals surface area contributed by atoms with Crippen LogP contribution in [-0.4, -0.2) is 26.1 Å². The van der Waals surface area contributed by atoms with E-state index in [9.17, 15) is 9.18 Å². The molecule has 1 amide bonds. The van der Waals surface area contributed by atoms with Gasteiger partial charge in [0.1, 0.15) is 5.82 Å². The average molecular weight is 439 g/mol. The zero-order valence-electron chi connectivity index (χ0n) is 18.0. The minimum Gasteiger partial charge on any atom is -0.354 e. The molecule has 3 aromatic heterocycles. The lowest BCUT2D eigenvalue weighted by Crippen LogP contribution is -2.13. The number of halogens is 1. The Morgan fingerprint density at radius 3 is 2.48 bits per heavy atom. The van der Waals surface area contributed by atoms with Gasteiger partial charge in [-0.05, 0) is 66.9 Å². The second-order valence-electron chi connectivity index (χ2n) is 7.89. The number of aromatic amines is 2. The van der Waals surface area contributed by atoms with E-state index in [0.717, 1.165) is 44.5 Å². The van der Waals surface area contributed by atoms with Crippen molar-refractivity contribution in [1.82, 2.24) is 20.2 Å². The summed E-state index contributed by atoms with van der Waals surface area (Å²) in [5, 5.41) is 11.3. The van der Waals surface area contributed by atoms with Crippen molar-refractivity contribution in [3.63, 3.8) is 0 Å². The largest absolute Gasteiger partial charge is 0.354 e. The number of benzene rings is 2. The summed E-state index contributed by atoms with van der Waals surface area (Å²) in [6, 6.07) is 18.1. The predicted molar refractivity (Wildman–Crippen MR) is 127 cm³/mol. The lowest BCUT2D eigenvalue weighted by Gasteiger charge is -2.07. The smallest absolute Gasteiger partial charge is 0.225 e. The SMILES string of the molecule is Cc1c(NC(=O)CCc2c(-c3ccc(F)cc3)[nH]c3ccccc23)n[nH]c1-c1ccncc1. The predicted octanol–water partition coefficient (Wildman–Crippen LogP) is 5.64. The highest BCUT2D eigenvalue weighted by molar-refractivity contribution is 5.94. The van der Waals surface area contributed by atoms with Crippen LogP contribution in [-0.2, 0) is 11.2 Å². The fraction of sp³-hybridized carbons (Fsp3) is 0.115. The molecule has 0 bridgehead atoms. The van der Waals surface area contributed by atoms with Crippen molar-refractivity contribution in [3.8, 4) is 22.5 Å². The van der Waals surface area contributed by atoms with E-state index in [-0.39, 0.29) is 18.1 Å². The second kappa shape index (κ2) is 8.70. The Kier molecular flexibility index (Phi) is 5.44. The minimum atomic E-state index is -0.281. The molecule has 0 unspecified atom stereocenters. The molecule has 6 nitrogen and oxygen atoms in total. The van der Waals surface area contributed by atoms with Crippen molar-refractivity contribution in [2.75, 3.05) is 5.32 Å². The number of pyridine rings is 1. The molecule has 5 aromatic rings. The summed E-state index contributed by atoms with van der Waals surface area (Å²) in [7, 11) is 0. The number of aromatic nitrogens is 4. The van der Waals surface area contributed by atoms with Gasteiger partial charge in [0.05, 0.1) is 5.69 Å². The number of hydrogen-bond donors (Lipinski definition) is 3.